The van der Waals surface area contributed by atoms with Crippen LogP contribution in [0.2, 0.25) is 10.0 Å². The summed E-state index contributed by atoms with van der Waals surface area (Å²) in [6.07, 6.45) is 1.12. The summed E-state index contributed by atoms with van der Waals surface area (Å²) in [4.78, 5) is 0. The van der Waals surface area contributed by atoms with Crippen LogP contribution in [0.25, 0.3) is 0 Å². The molecule has 0 fully saturated rings. The Bertz CT molecular complexity index is 604. The molecule has 1 atom stereocenters. The predicted octanol–water partition coefficient (Wildman–Crippen LogP) is 5.51. The Morgan fingerprint density at radius 2 is 1.84 bits per heavy atom. The number of fused-ring (bicyclic) bond motifs is 1. The molecule has 1 nitrogen and oxygen atoms in total. The Balaban J connectivity index is 1.72. The Morgan fingerprint density at radius 3 is 2.53 bits per heavy atom. The van der Waals surface area contributed by atoms with Crippen molar-refractivity contribution in [2.24, 2.45) is 0 Å². The molecule has 0 radical (unpaired) electrons. The summed E-state index contributed by atoms with van der Waals surface area (Å²) < 4.78 is 0.891. The van der Waals surface area contributed by atoms with Crippen LogP contribution >= 0.6 is 39.1 Å². The van der Waals surface area contributed by atoms with Crippen molar-refractivity contribution in [1.82, 2.24) is 0 Å². The molecular weight excluding hydrogens is 345 g/mol. The van der Waals surface area contributed by atoms with E-state index in [2.05, 4.69) is 45.5 Å². The molecule has 2 aromatic carbocycles. The van der Waals surface area contributed by atoms with E-state index in [-0.39, 0.29) is 0 Å². The van der Waals surface area contributed by atoms with Crippen molar-refractivity contribution in [3.05, 3.63) is 62.0 Å². The molecule has 4 heteroatoms. The normalized spacial score (nSPS) is 16.7. The van der Waals surface area contributed by atoms with E-state index in [1.807, 2.05) is 12.1 Å². The van der Waals surface area contributed by atoms with Gasteiger partial charge in [-0.05, 0) is 29.7 Å². The Labute approximate surface area is 131 Å². The highest BCUT2D eigenvalue weighted by Gasteiger charge is 2.25. The number of benzene rings is 2. The molecule has 0 spiro atoms. The van der Waals surface area contributed by atoms with Crippen LogP contribution < -0.4 is 5.32 Å². The zero-order valence-electron chi connectivity index (χ0n) is 10.1. The second-order valence-electron chi connectivity index (χ2n) is 4.73. The summed E-state index contributed by atoms with van der Waals surface area (Å²) in [5.74, 6) is 0.548. The standard InChI is InChI=1S/C15H12BrCl2N/c16-11-6-13(17)15(14(18)7-11)19-8-10-5-9-3-1-2-4-12(9)10/h1-4,6-7,10,19H,5,8H2. The van der Waals surface area contributed by atoms with Crippen molar-refractivity contribution < 1.29 is 0 Å². The molecule has 1 aliphatic carbocycles. The Morgan fingerprint density at radius 1 is 1.16 bits per heavy atom. The molecule has 0 saturated carbocycles. The number of nitrogens with one attached hydrogen (secondary N) is 1. The van der Waals surface area contributed by atoms with E-state index in [0.29, 0.717) is 16.0 Å². The first-order valence-corrected chi connectivity index (χ1v) is 7.66. The Hall–Kier alpha value is -0.700. The summed E-state index contributed by atoms with van der Waals surface area (Å²) in [6, 6.07) is 12.3. The summed E-state index contributed by atoms with van der Waals surface area (Å²) >= 11 is 15.8. The van der Waals surface area contributed by atoms with E-state index in [1.54, 1.807) is 0 Å². The average Bonchev–Trinajstić information content (AvgIpc) is 2.33. The monoisotopic (exact) mass is 355 g/mol. The second kappa shape index (κ2) is 5.35. The first-order valence-electron chi connectivity index (χ1n) is 6.11. The lowest BCUT2D eigenvalue weighted by Gasteiger charge is -2.30. The van der Waals surface area contributed by atoms with Gasteiger partial charge in [-0.25, -0.2) is 0 Å². The van der Waals surface area contributed by atoms with Gasteiger partial charge in [-0.2, -0.15) is 0 Å². The molecule has 2 aromatic rings. The highest BCUT2D eigenvalue weighted by molar-refractivity contribution is 9.10. The van der Waals surface area contributed by atoms with E-state index in [0.717, 1.165) is 23.1 Å². The minimum absolute atomic E-state index is 0.548. The molecule has 0 aliphatic heterocycles. The minimum Gasteiger partial charge on any atom is -0.382 e. The van der Waals surface area contributed by atoms with Gasteiger partial charge in [0.15, 0.2) is 0 Å². The van der Waals surface area contributed by atoms with Crippen molar-refractivity contribution in [1.29, 1.82) is 0 Å². The van der Waals surface area contributed by atoms with Gasteiger partial charge in [0.25, 0.3) is 0 Å². The number of anilines is 1. The Kier molecular flexibility index (Phi) is 3.75. The van der Waals surface area contributed by atoms with E-state index >= 15 is 0 Å². The van der Waals surface area contributed by atoms with Gasteiger partial charge < -0.3 is 5.32 Å². The maximum Gasteiger partial charge on any atom is 0.0719 e. The van der Waals surface area contributed by atoms with Crippen LogP contribution in [0.1, 0.15) is 17.0 Å². The van der Waals surface area contributed by atoms with Gasteiger partial charge in [-0.1, -0.05) is 63.4 Å². The third-order valence-electron chi connectivity index (χ3n) is 3.49. The van der Waals surface area contributed by atoms with Crippen LogP contribution in [0.5, 0.6) is 0 Å². The lowest BCUT2D eigenvalue weighted by molar-refractivity contribution is 0.636. The molecule has 1 aliphatic rings. The van der Waals surface area contributed by atoms with Crippen molar-refractivity contribution >= 4 is 44.8 Å². The fourth-order valence-electron chi connectivity index (χ4n) is 2.48. The molecule has 19 heavy (non-hydrogen) atoms. The zero-order valence-corrected chi connectivity index (χ0v) is 13.2. The first kappa shape index (κ1) is 13.3. The molecule has 98 valence electrons. The highest BCUT2D eigenvalue weighted by atomic mass is 79.9. The zero-order chi connectivity index (χ0) is 13.4. The summed E-state index contributed by atoms with van der Waals surface area (Å²) in [6.45, 7) is 0.859. The third-order valence-corrected chi connectivity index (χ3v) is 4.55. The summed E-state index contributed by atoms with van der Waals surface area (Å²) in [5.41, 5.74) is 3.69. The SMILES string of the molecule is Clc1cc(Br)cc(Cl)c1NCC1Cc2ccccc21. The van der Waals surface area contributed by atoms with E-state index < -0.39 is 0 Å². The molecule has 3 rings (SSSR count). The maximum atomic E-state index is 6.20. The molecule has 0 amide bonds. The fraction of sp³-hybridized carbons (Fsp3) is 0.200. The number of halogens is 3. The maximum absolute atomic E-state index is 6.20. The average molecular weight is 357 g/mol. The number of hydrogen-bond donors (Lipinski definition) is 1. The molecule has 0 heterocycles. The van der Waals surface area contributed by atoms with Crippen LogP contribution in [0.3, 0.4) is 0 Å². The molecule has 0 bridgehead atoms. The third kappa shape index (κ3) is 2.62. The lowest BCUT2D eigenvalue weighted by Crippen LogP contribution is -2.24. The molecule has 0 aromatic heterocycles. The fourth-order valence-corrected chi connectivity index (χ4v) is 3.82. The van der Waals surface area contributed by atoms with Crippen LogP contribution in [0.15, 0.2) is 40.9 Å². The minimum atomic E-state index is 0.548. The van der Waals surface area contributed by atoms with Gasteiger partial charge in [0, 0.05) is 16.9 Å². The summed E-state index contributed by atoms with van der Waals surface area (Å²) in [7, 11) is 0. The second-order valence-corrected chi connectivity index (χ2v) is 6.46. The number of hydrogen-bond acceptors (Lipinski definition) is 1. The van der Waals surface area contributed by atoms with Crippen LogP contribution in [-0.2, 0) is 6.42 Å². The van der Waals surface area contributed by atoms with Crippen LogP contribution in [0.4, 0.5) is 5.69 Å². The molecular formula is C15H12BrCl2N. The first-order chi connectivity index (χ1) is 9.15. The summed E-state index contributed by atoms with van der Waals surface area (Å²) in [5, 5.41) is 4.66. The van der Waals surface area contributed by atoms with Gasteiger partial charge in [-0.15, -0.1) is 0 Å². The van der Waals surface area contributed by atoms with Gasteiger partial charge in [-0.3, -0.25) is 0 Å². The smallest absolute Gasteiger partial charge is 0.0719 e. The lowest BCUT2D eigenvalue weighted by atomic mass is 9.77. The van der Waals surface area contributed by atoms with E-state index in [4.69, 9.17) is 23.2 Å². The van der Waals surface area contributed by atoms with E-state index in [9.17, 15) is 0 Å². The quantitative estimate of drug-likeness (QED) is 0.764. The van der Waals surface area contributed by atoms with Crippen molar-refractivity contribution in [3.63, 3.8) is 0 Å². The number of rotatable bonds is 3. The van der Waals surface area contributed by atoms with Crippen LogP contribution in [0, 0.1) is 0 Å². The topological polar surface area (TPSA) is 12.0 Å². The van der Waals surface area contributed by atoms with Crippen LogP contribution in [-0.4, -0.2) is 6.54 Å². The van der Waals surface area contributed by atoms with Gasteiger partial charge in [0.1, 0.15) is 0 Å². The van der Waals surface area contributed by atoms with Crippen molar-refractivity contribution in [3.8, 4) is 0 Å². The molecule has 0 saturated heterocycles. The van der Waals surface area contributed by atoms with E-state index in [1.165, 1.54) is 11.1 Å². The van der Waals surface area contributed by atoms with Crippen molar-refractivity contribution in [2.75, 3.05) is 11.9 Å². The van der Waals surface area contributed by atoms with Crippen molar-refractivity contribution in [2.45, 2.75) is 12.3 Å². The predicted molar refractivity (Wildman–Crippen MR) is 85.5 cm³/mol. The van der Waals surface area contributed by atoms with Gasteiger partial charge in [0.05, 0.1) is 15.7 Å². The largest absolute Gasteiger partial charge is 0.382 e. The highest BCUT2D eigenvalue weighted by Crippen LogP contribution is 2.37. The molecule has 1 N–H and O–H groups in total. The molecule has 1 unspecified atom stereocenters. The van der Waals surface area contributed by atoms with Gasteiger partial charge >= 0.3 is 0 Å². The van der Waals surface area contributed by atoms with Gasteiger partial charge in [0.2, 0.25) is 0 Å².